The van der Waals surface area contributed by atoms with Crippen molar-refractivity contribution in [2.75, 3.05) is 7.11 Å². The first-order chi connectivity index (χ1) is 14.9. The van der Waals surface area contributed by atoms with E-state index in [2.05, 4.69) is 28.7 Å². The molecule has 0 atom stereocenters. The average Bonchev–Trinajstić information content (AvgIpc) is 2.77. The molecule has 5 nitrogen and oxygen atoms in total. The normalized spacial score (nSPS) is 11.0. The molecular weight excluding hydrogens is 505 g/mol. The largest absolute Gasteiger partial charge is 0.493 e. The van der Waals surface area contributed by atoms with Crippen LogP contribution in [0.1, 0.15) is 32.6 Å². The van der Waals surface area contributed by atoms with Crippen LogP contribution in [0.5, 0.6) is 11.5 Å². The van der Waals surface area contributed by atoms with E-state index in [9.17, 15) is 10.1 Å². The van der Waals surface area contributed by atoms with Crippen LogP contribution in [0, 0.1) is 21.8 Å². The number of carbonyl (C=O) groups is 1. The van der Waals surface area contributed by atoms with Gasteiger partial charge in [0.05, 0.1) is 27.9 Å². The molecule has 0 aliphatic rings. The number of carboxylic acid groups (broad SMARTS) is 1. The van der Waals surface area contributed by atoms with E-state index in [-0.39, 0.29) is 12.2 Å². The second-order valence-electron chi connectivity index (χ2n) is 6.86. The molecule has 6 heteroatoms. The molecule has 0 amide bonds. The van der Waals surface area contributed by atoms with E-state index in [1.807, 2.05) is 49.4 Å². The van der Waals surface area contributed by atoms with Crippen LogP contribution in [-0.4, -0.2) is 18.2 Å². The summed E-state index contributed by atoms with van der Waals surface area (Å²) in [6.07, 6.45) is 1.82. The lowest BCUT2D eigenvalue weighted by Crippen LogP contribution is -2.01. The number of nitriles is 1. The first-order valence-corrected chi connectivity index (χ1v) is 10.5. The fourth-order valence-corrected chi connectivity index (χ4v) is 3.72. The first kappa shape index (κ1) is 22.4. The summed E-state index contributed by atoms with van der Waals surface area (Å²) in [6, 6.07) is 20.4. The first-order valence-electron chi connectivity index (χ1n) is 9.42. The highest BCUT2D eigenvalue weighted by Crippen LogP contribution is 2.35. The van der Waals surface area contributed by atoms with Gasteiger partial charge in [-0.15, -0.1) is 0 Å². The molecule has 0 bridgehead atoms. The monoisotopic (exact) mass is 525 g/mol. The Morgan fingerprint density at radius 3 is 2.32 bits per heavy atom. The van der Waals surface area contributed by atoms with Gasteiger partial charge in [-0.05, 0) is 76.5 Å². The van der Waals surface area contributed by atoms with Gasteiger partial charge >= 0.3 is 5.97 Å². The van der Waals surface area contributed by atoms with Gasteiger partial charge in [-0.2, -0.15) is 5.26 Å². The van der Waals surface area contributed by atoms with Gasteiger partial charge in [-0.1, -0.05) is 42.0 Å². The SMILES string of the molecule is COc1cc(/C=C(/C#N)c2ccc(C)cc2)cc(I)c1OCc1ccc(C(=O)O)cc1. The van der Waals surface area contributed by atoms with E-state index < -0.39 is 5.97 Å². The van der Waals surface area contributed by atoms with Gasteiger partial charge in [0.2, 0.25) is 0 Å². The number of methoxy groups -OCH3 is 1. The Kier molecular flexibility index (Phi) is 7.32. The van der Waals surface area contributed by atoms with E-state index in [1.165, 1.54) is 0 Å². The Morgan fingerprint density at radius 1 is 1.10 bits per heavy atom. The highest BCUT2D eigenvalue weighted by molar-refractivity contribution is 14.1. The molecular formula is C25H20INO4. The molecule has 3 rings (SSSR count). The highest BCUT2D eigenvalue weighted by Gasteiger charge is 2.13. The fraction of sp³-hybridized carbons (Fsp3) is 0.120. The Labute approximate surface area is 194 Å². The molecule has 0 heterocycles. The number of ether oxygens (including phenoxy) is 2. The molecule has 0 aliphatic heterocycles. The van der Waals surface area contributed by atoms with Crippen molar-refractivity contribution >= 4 is 40.2 Å². The van der Waals surface area contributed by atoms with Crippen LogP contribution < -0.4 is 9.47 Å². The van der Waals surface area contributed by atoms with E-state index in [0.717, 1.165) is 25.8 Å². The van der Waals surface area contributed by atoms with Crippen molar-refractivity contribution in [1.29, 1.82) is 5.26 Å². The molecule has 31 heavy (non-hydrogen) atoms. The maximum Gasteiger partial charge on any atom is 0.335 e. The van der Waals surface area contributed by atoms with Gasteiger partial charge in [-0.3, -0.25) is 0 Å². The van der Waals surface area contributed by atoms with E-state index in [1.54, 1.807) is 31.4 Å². The van der Waals surface area contributed by atoms with Crippen LogP contribution >= 0.6 is 22.6 Å². The maximum atomic E-state index is 11.0. The minimum Gasteiger partial charge on any atom is -0.493 e. The Balaban J connectivity index is 1.84. The Bertz CT molecular complexity index is 1160. The predicted molar refractivity (Wildman–Crippen MR) is 128 cm³/mol. The molecule has 0 saturated carbocycles. The smallest absolute Gasteiger partial charge is 0.335 e. The summed E-state index contributed by atoms with van der Waals surface area (Å²) >= 11 is 2.17. The highest BCUT2D eigenvalue weighted by atomic mass is 127. The van der Waals surface area contributed by atoms with Gasteiger partial charge in [0.15, 0.2) is 11.5 Å². The minimum absolute atomic E-state index is 0.230. The number of aromatic carboxylic acids is 1. The zero-order valence-electron chi connectivity index (χ0n) is 17.1. The summed E-state index contributed by atoms with van der Waals surface area (Å²) < 4.78 is 12.3. The summed E-state index contributed by atoms with van der Waals surface area (Å²) in [4.78, 5) is 11.0. The van der Waals surface area contributed by atoms with E-state index >= 15 is 0 Å². The molecule has 0 fully saturated rings. The quantitative estimate of drug-likeness (QED) is 0.234. The zero-order chi connectivity index (χ0) is 22.4. The standard InChI is InChI=1S/C25H20INO4/c1-16-3-7-19(8-4-16)21(14-27)11-18-12-22(26)24(23(13-18)30-2)31-15-17-5-9-20(10-6-17)25(28)29/h3-13H,15H2,1-2H3,(H,28,29)/b21-11-. The molecule has 0 aliphatic carbocycles. The number of nitrogens with zero attached hydrogens (tertiary/aromatic N) is 1. The van der Waals surface area contributed by atoms with Gasteiger partial charge in [0, 0.05) is 0 Å². The molecule has 0 saturated heterocycles. The van der Waals surface area contributed by atoms with E-state index in [0.29, 0.717) is 17.1 Å². The summed E-state index contributed by atoms with van der Waals surface area (Å²) in [5, 5.41) is 18.6. The second kappa shape index (κ2) is 10.1. The summed E-state index contributed by atoms with van der Waals surface area (Å²) in [5.41, 5.74) is 4.46. The van der Waals surface area contributed by atoms with Crippen molar-refractivity contribution < 1.29 is 19.4 Å². The van der Waals surface area contributed by atoms with Gasteiger partial charge in [0.1, 0.15) is 6.61 Å². The van der Waals surface area contributed by atoms with Gasteiger partial charge in [0.25, 0.3) is 0 Å². The van der Waals surface area contributed by atoms with Crippen molar-refractivity contribution in [3.63, 3.8) is 0 Å². The Hall–Kier alpha value is -3.31. The Morgan fingerprint density at radius 2 is 1.74 bits per heavy atom. The third-order valence-corrected chi connectivity index (χ3v) is 5.43. The van der Waals surface area contributed by atoms with Crippen molar-refractivity contribution in [2.45, 2.75) is 13.5 Å². The fourth-order valence-electron chi connectivity index (χ4n) is 2.94. The number of carboxylic acids is 1. The molecule has 0 aromatic heterocycles. The van der Waals surface area contributed by atoms with Crippen molar-refractivity contribution in [3.05, 3.63) is 92.1 Å². The number of benzene rings is 3. The van der Waals surface area contributed by atoms with Crippen molar-refractivity contribution in [3.8, 4) is 17.6 Å². The number of aryl methyl sites for hydroxylation is 1. The summed E-state index contributed by atoms with van der Waals surface area (Å²) in [5.74, 6) is 0.188. The molecule has 0 radical (unpaired) electrons. The van der Waals surface area contributed by atoms with Crippen LogP contribution in [0.2, 0.25) is 0 Å². The van der Waals surface area contributed by atoms with Crippen LogP contribution in [-0.2, 0) is 6.61 Å². The van der Waals surface area contributed by atoms with Crippen LogP contribution in [0.25, 0.3) is 11.6 Å². The topological polar surface area (TPSA) is 79.5 Å². The molecule has 1 N–H and O–H groups in total. The molecule has 0 unspecified atom stereocenters. The zero-order valence-corrected chi connectivity index (χ0v) is 19.2. The van der Waals surface area contributed by atoms with Crippen molar-refractivity contribution in [1.82, 2.24) is 0 Å². The van der Waals surface area contributed by atoms with E-state index in [4.69, 9.17) is 14.6 Å². The lowest BCUT2D eigenvalue weighted by Gasteiger charge is -2.14. The molecule has 3 aromatic rings. The lowest BCUT2D eigenvalue weighted by atomic mass is 10.0. The minimum atomic E-state index is -0.963. The number of allylic oxidation sites excluding steroid dienone is 1. The summed E-state index contributed by atoms with van der Waals surface area (Å²) in [6.45, 7) is 2.28. The van der Waals surface area contributed by atoms with Gasteiger partial charge in [-0.25, -0.2) is 4.79 Å². The third kappa shape index (κ3) is 5.64. The number of hydrogen-bond acceptors (Lipinski definition) is 4. The molecule has 156 valence electrons. The average molecular weight is 525 g/mol. The second-order valence-corrected chi connectivity index (χ2v) is 8.02. The van der Waals surface area contributed by atoms with Crippen LogP contribution in [0.3, 0.4) is 0 Å². The third-order valence-electron chi connectivity index (χ3n) is 4.63. The number of hydrogen-bond donors (Lipinski definition) is 1. The molecule has 3 aromatic carbocycles. The van der Waals surface area contributed by atoms with Crippen molar-refractivity contribution in [2.24, 2.45) is 0 Å². The number of halogens is 1. The van der Waals surface area contributed by atoms with Crippen LogP contribution in [0.15, 0.2) is 60.7 Å². The maximum absolute atomic E-state index is 11.0. The van der Waals surface area contributed by atoms with Crippen LogP contribution in [0.4, 0.5) is 0 Å². The predicted octanol–water partition coefficient (Wildman–Crippen LogP) is 5.95. The lowest BCUT2D eigenvalue weighted by molar-refractivity contribution is 0.0697. The summed E-state index contributed by atoms with van der Waals surface area (Å²) in [7, 11) is 1.57. The van der Waals surface area contributed by atoms with Gasteiger partial charge < -0.3 is 14.6 Å². The molecule has 0 spiro atoms. The number of rotatable bonds is 7.